The molecule has 0 bridgehead atoms. The van der Waals surface area contributed by atoms with Crippen molar-refractivity contribution in [3.8, 4) is 5.88 Å². The SMILES string of the molecule is COc1c(CNC(C)Cc2ccc(Br)cc2)c(C)nn1C. The third-order valence-corrected chi connectivity index (χ3v) is 4.09. The summed E-state index contributed by atoms with van der Waals surface area (Å²) in [4.78, 5) is 0. The van der Waals surface area contributed by atoms with Crippen molar-refractivity contribution in [2.75, 3.05) is 7.11 Å². The maximum atomic E-state index is 5.42. The van der Waals surface area contributed by atoms with Crippen molar-refractivity contribution in [2.24, 2.45) is 7.05 Å². The van der Waals surface area contributed by atoms with Crippen molar-refractivity contribution < 1.29 is 4.74 Å². The first-order valence-corrected chi connectivity index (χ1v) is 7.85. The molecule has 2 rings (SSSR count). The smallest absolute Gasteiger partial charge is 0.216 e. The Morgan fingerprint density at radius 3 is 2.62 bits per heavy atom. The van der Waals surface area contributed by atoms with E-state index < -0.39 is 0 Å². The van der Waals surface area contributed by atoms with Gasteiger partial charge in [0.2, 0.25) is 5.88 Å². The summed E-state index contributed by atoms with van der Waals surface area (Å²) in [7, 11) is 3.59. The molecule has 1 aromatic carbocycles. The Balaban J connectivity index is 1.95. The number of aromatic nitrogens is 2. The van der Waals surface area contributed by atoms with Crippen molar-refractivity contribution in [1.29, 1.82) is 0 Å². The van der Waals surface area contributed by atoms with E-state index in [1.165, 1.54) is 5.56 Å². The number of benzene rings is 1. The molecule has 21 heavy (non-hydrogen) atoms. The van der Waals surface area contributed by atoms with Crippen molar-refractivity contribution in [2.45, 2.75) is 32.9 Å². The second kappa shape index (κ2) is 7.09. The number of halogens is 1. The Labute approximate surface area is 134 Å². The van der Waals surface area contributed by atoms with Gasteiger partial charge < -0.3 is 10.1 Å². The number of hydrogen-bond donors (Lipinski definition) is 1. The zero-order valence-corrected chi connectivity index (χ0v) is 14.6. The van der Waals surface area contributed by atoms with Gasteiger partial charge in [0.1, 0.15) is 0 Å². The lowest BCUT2D eigenvalue weighted by molar-refractivity contribution is 0.367. The van der Waals surface area contributed by atoms with E-state index in [0.29, 0.717) is 6.04 Å². The van der Waals surface area contributed by atoms with Crippen LogP contribution in [-0.2, 0) is 20.0 Å². The minimum Gasteiger partial charge on any atom is -0.481 e. The standard InChI is InChI=1S/C16H22BrN3O/c1-11(9-13-5-7-14(17)8-6-13)18-10-15-12(2)19-20(3)16(15)21-4/h5-8,11,18H,9-10H2,1-4H3. The Morgan fingerprint density at radius 2 is 2.00 bits per heavy atom. The van der Waals surface area contributed by atoms with Crippen LogP contribution < -0.4 is 10.1 Å². The van der Waals surface area contributed by atoms with Crippen LogP contribution in [0, 0.1) is 6.92 Å². The highest BCUT2D eigenvalue weighted by molar-refractivity contribution is 9.10. The van der Waals surface area contributed by atoms with Gasteiger partial charge >= 0.3 is 0 Å². The van der Waals surface area contributed by atoms with Crippen LogP contribution in [0.3, 0.4) is 0 Å². The third kappa shape index (κ3) is 4.08. The predicted molar refractivity (Wildman–Crippen MR) is 88.6 cm³/mol. The first-order valence-electron chi connectivity index (χ1n) is 7.05. The average Bonchev–Trinajstić information content (AvgIpc) is 2.72. The second-order valence-electron chi connectivity index (χ2n) is 5.31. The molecule has 1 aromatic heterocycles. The molecule has 1 atom stereocenters. The first kappa shape index (κ1) is 16.0. The summed E-state index contributed by atoms with van der Waals surface area (Å²) in [6, 6.07) is 8.85. The Bertz CT molecular complexity index is 592. The maximum Gasteiger partial charge on any atom is 0.216 e. The molecular weight excluding hydrogens is 330 g/mol. The van der Waals surface area contributed by atoms with Gasteiger partial charge in [-0.3, -0.25) is 0 Å². The molecular formula is C16H22BrN3O. The van der Waals surface area contributed by atoms with Gasteiger partial charge in [-0.1, -0.05) is 28.1 Å². The zero-order valence-electron chi connectivity index (χ0n) is 13.0. The van der Waals surface area contributed by atoms with Gasteiger partial charge in [0, 0.05) is 24.1 Å². The first-order chi connectivity index (χ1) is 10.0. The second-order valence-corrected chi connectivity index (χ2v) is 6.23. The average molecular weight is 352 g/mol. The summed E-state index contributed by atoms with van der Waals surface area (Å²) in [5.74, 6) is 0.829. The molecule has 0 aliphatic carbocycles. The minimum atomic E-state index is 0.385. The summed E-state index contributed by atoms with van der Waals surface area (Å²) in [6.07, 6.45) is 0.995. The van der Waals surface area contributed by atoms with E-state index in [1.54, 1.807) is 11.8 Å². The van der Waals surface area contributed by atoms with Gasteiger partial charge in [-0.25, -0.2) is 4.68 Å². The van der Waals surface area contributed by atoms with Gasteiger partial charge in [0.15, 0.2) is 0 Å². The van der Waals surface area contributed by atoms with Crippen LogP contribution in [0.1, 0.15) is 23.7 Å². The molecule has 0 fully saturated rings. The molecule has 1 heterocycles. The number of hydrogen-bond acceptors (Lipinski definition) is 3. The van der Waals surface area contributed by atoms with E-state index in [2.05, 4.69) is 57.5 Å². The highest BCUT2D eigenvalue weighted by atomic mass is 79.9. The lowest BCUT2D eigenvalue weighted by Gasteiger charge is -2.14. The van der Waals surface area contributed by atoms with Crippen molar-refractivity contribution in [1.82, 2.24) is 15.1 Å². The molecule has 1 N–H and O–H groups in total. The molecule has 0 saturated heterocycles. The number of rotatable bonds is 6. The van der Waals surface area contributed by atoms with Crippen LogP contribution >= 0.6 is 15.9 Å². The molecule has 0 saturated carbocycles. The molecule has 114 valence electrons. The fraction of sp³-hybridized carbons (Fsp3) is 0.438. The van der Waals surface area contributed by atoms with Gasteiger partial charge in [-0.15, -0.1) is 0 Å². The van der Waals surface area contributed by atoms with Gasteiger partial charge in [-0.05, 0) is 38.0 Å². The highest BCUT2D eigenvalue weighted by Gasteiger charge is 2.14. The third-order valence-electron chi connectivity index (χ3n) is 3.56. The van der Waals surface area contributed by atoms with Crippen molar-refractivity contribution in [3.63, 3.8) is 0 Å². The van der Waals surface area contributed by atoms with Crippen molar-refractivity contribution >= 4 is 15.9 Å². The fourth-order valence-electron chi connectivity index (χ4n) is 2.46. The molecule has 0 aliphatic heterocycles. The van der Waals surface area contributed by atoms with Crippen molar-refractivity contribution in [3.05, 3.63) is 45.6 Å². The summed E-state index contributed by atoms with van der Waals surface area (Å²) in [5.41, 5.74) is 3.47. The maximum absolute atomic E-state index is 5.42. The van der Waals surface area contributed by atoms with Gasteiger partial charge in [-0.2, -0.15) is 5.10 Å². The number of methoxy groups -OCH3 is 1. The molecule has 5 heteroatoms. The minimum absolute atomic E-state index is 0.385. The van der Waals surface area contributed by atoms with Crippen LogP contribution in [0.2, 0.25) is 0 Å². The van der Waals surface area contributed by atoms with Crippen LogP contribution in [0.4, 0.5) is 0 Å². The Hall–Kier alpha value is -1.33. The molecule has 0 radical (unpaired) electrons. The molecule has 0 aliphatic rings. The fourth-order valence-corrected chi connectivity index (χ4v) is 2.73. The summed E-state index contributed by atoms with van der Waals surface area (Å²) in [6.45, 7) is 4.97. The molecule has 1 unspecified atom stereocenters. The van der Waals surface area contributed by atoms with Crippen LogP contribution in [0.5, 0.6) is 5.88 Å². The number of aryl methyl sites for hydroxylation is 2. The van der Waals surface area contributed by atoms with E-state index in [-0.39, 0.29) is 0 Å². The van der Waals surface area contributed by atoms with Crippen LogP contribution in [0.25, 0.3) is 0 Å². The number of ether oxygens (including phenoxy) is 1. The lowest BCUT2D eigenvalue weighted by Crippen LogP contribution is -2.27. The molecule has 0 amide bonds. The van der Waals surface area contributed by atoms with Crippen LogP contribution in [-0.4, -0.2) is 22.9 Å². The molecule has 0 spiro atoms. The number of nitrogens with zero attached hydrogens (tertiary/aromatic N) is 2. The predicted octanol–water partition coefficient (Wildman–Crippen LogP) is 3.22. The van der Waals surface area contributed by atoms with Gasteiger partial charge in [0.05, 0.1) is 18.4 Å². The van der Waals surface area contributed by atoms with Crippen LogP contribution in [0.15, 0.2) is 28.7 Å². The zero-order chi connectivity index (χ0) is 15.4. The largest absolute Gasteiger partial charge is 0.481 e. The molecule has 2 aromatic rings. The van der Waals surface area contributed by atoms with E-state index in [4.69, 9.17) is 4.74 Å². The summed E-state index contributed by atoms with van der Waals surface area (Å²) < 4.78 is 8.31. The highest BCUT2D eigenvalue weighted by Crippen LogP contribution is 2.20. The van der Waals surface area contributed by atoms with Gasteiger partial charge in [0.25, 0.3) is 0 Å². The monoisotopic (exact) mass is 351 g/mol. The Kier molecular flexibility index (Phi) is 5.42. The Morgan fingerprint density at radius 1 is 1.33 bits per heavy atom. The normalized spacial score (nSPS) is 12.4. The van der Waals surface area contributed by atoms with E-state index in [1.807, 2.05) is 14.0 Å². The molecule has 4 nitrogen and oxygen atoms in total. The number of nitrogens with one attached hydrogen (secondary N) is 1. The quantitative estimate of drug-likeness (QED) is 0.868. The summed E-state index contributed by atoms with van der Waals surface area (Å²) in [5, 5.41) is 7.95. The lowest BCUT2D eigenvalue weighted by atomic mass is 10.1. The van der Waals surface area contributed by atoms with E-state index in [9.17, 15) is 0 Å². The van der Waals surface area contributed by atoms with E-state index >= 15 is 0 Å². The summed E-state index contributed by atoms with van der Waals surface area (Å²) >= 11 is 3.46. The topological polar surface area (TPSA) is 39.1 Å². The van der Waals surface area contributed by atoms with E-state index in [0.717, 1.165) is 34.6 Å².